The summed E-state index contributed by atoms with van der Waals surface area (Å²) in [6, 6.07) is 0.401. The molecule has 0 fully saturated rings. The van der Waals surface area contributed by atoms with Crippen molar-refractivity contribution in [2.45, 2.75) is 39.2 Å². The lowest BCUT2D eigenvalue weighted by atomic mass is 10.2. The molecular weight excluding hydrogens is 292 g/mol. The lowest BCUT2D eigenvalue weighted by Gasteiger charge is -2.16. The summed E-state index contributed by atoms with van der Waals surface area (Å²) in [6.45, 7) is 4.41. The average molecular weight is 315 g/mol. The molecule has 0 amide bonds. The van der Waals surface area contributed by atoms with E-state index < -0.39 is 0 Å². The first kappa shape index (κ1) is 15.7. The molecule has 2 aromatic heterocycles. The van der Waals surface area contributed by atoms with Crippen LogP contribution < -0.4 is 0 Å². The van der Waals surface area contributed by atoms with Crippen LogP contribution in [0.25, 0.3) is 11.2 Å². The van der Waals surface area contributed by atoms with Crippen molar-refractivity contribution in [1.29, 1.82) is 0 Å². The predicted molar refractivity (Wildman–Crippen MR) is 88.0 cm³/mol. The van der Waals surface area contributed by atoms with Crippen molar-refractivity contribution in [3.63, 3.8) is 0 Å². The second-order valence-corrected chi connectivity index (χ2v) is 6.42. The van der Waals surface area contributed by atoms with E-state index in [1.54, 1.807) is 0 Å². The van der Waals surface area contributed by atoms with E-state index in [2.05, 4.69) is 29.8 Å². The van der Waals surface area contributed by atoms with E-state index in [0.717, 1.165) is 47.7 Å². The Morgan fingerprint density at radius 2 is 2.10 bits per heavy atom. The normalized spacial score (nSPS) is 13.2. The maximum atomic E-state index is 5.94. The summed E-state index contributed by atoms with van der Waals surface area (Å²) in [5, 5.41) is 4.64. The lowest BCUT2D eigenvalue weighted by molar-refractivity contribution is 0.576. The molecule has 0 N–H and O–H groups in total. The third-order valence-corrected chi connectivity index (χ3v) is 4.47. The van der Waals surface area contributed by atoms with E-state index in [4.69, 9.17) is 16.6 Å². The highest BCUT2D eigenvalue weighted by Crippen LogP contribution is 2.26. The Morgan fingerprint density at radius 3 is 2.70 bits per heavy atom. The van der Waals surface area contributed by atoms with Gasteiger partial charge < -0.3 is 4.57 Å². The Kier molecular flexibility index (Phi) is 5.38. The number of aromatic nitrogens is 4. The minimum atomic E-state index is 0.401. The second kappa shape index (κ2) is 6.85. The summed E-state index contributed by atoms with van der Waals surface area (Å²) in [4.78, 5) is 4.83. The molecule has 1 unspecified atom stereocenters. The molecule has 0 aliphatic carbocycles. The molecule has 2 aromatic rings. The Bertz CT molecular complexity index is 575. The summed E-state index contributed by atoms with van der Waals surface area (Å²) in [5.74, 6) is 2.75. The van der Waals surface area contributed by atoms with Gasteiger partial charge in [-0.25, -0.2) is 4.98 Å². The highest BCUT2D eigenvalue weighted by molar-refractivity contribution is 7.98. The van der Waals surface area contributed by atoms with Crippen molar-refractivity contribution in [1.82, 2.24) is 19.3 Å². The van der Waals surface area contributed by atoms with Gasteiger partial charge in [-0.05, 0) is 19.6 Å². The second-order valence-electron chi connectivity index (χ2n) is 5.13. The topological polar surface area (TPSA) is 35.6 Å². The van der Waals surface area contributed by atoms with Crippen LogP contribution in [0.1, 0.15) is 37.8 Å². The minimum Gasteiger partial charge on any atom is -0.309 e. The number of hydrogen-bond donors (Lipinski definition) is 0. The molecule has 1 atom stereocenters. The fourth-order valence-electron chi connectivity index (χ4n) is 2.69. The summed E-state index contributed by atoms with van der Waals surface area (Å²) in [7, 11) is 2.01. The Morgan fingerprint density at radius 1 is 1.35 bits per heavy atom. The number of halogens is 1. The molecule has 2 heterocycles. The summed E-state index contributed by atoms with van der Waals surface area (Å²) >= 11 is 7.80. The van der Waals surface area contributed by atoms with Crippen molar-refractivity contribution in [3.05, 3.63) is 11.5 Å². The SMILES string of the molecule is CCCc1nn(C)c2c1nc(CCCl)n2C(C)CSC. The van der Waals surface area contributed by atoms with Crippen LogP contribution in [0.5, 0.6) is 0 Å². The van der Waals surface area contributed by atoms with E-state index in [1.165, 1.54) is 0 Å². The van der Waals surface area contributed by atoms with Gasteiger partial charge in [0.2, 0.25) is 0 Å². The lowest BCUT2D eigenvalue weighted by Crippen LogP contribution is -2.14. The molecule has 0 saturated carbocycles. The third-order valence-electron chi connectivity index (χ3n) is 3.46. The van der Waals surface area contributed by atoms with Gasteiger partial charge in [-0.1, -0.05) is 13.3 Å². The van der Waals surface area contributed by atoms with E-state index in [-0.39, 0.29) is 0 Å². The predicted octanol–water partition coefficient (Wildman–Crippen LogP) is 3.43. The molecule has 2 rings (SSSR count). The molecule has 20 heavy (non-hydrogen) atoms. The van der Waals surface area contributed by atoms with Crippen molar-refractivity contribution in [2.24, 2.45) is 7.05 Å². The molecule has 0 aromatic carbocycles. The highest BCUT2D eigenvalue weighted by atomic mass is 35.5. The maximum absolute atomic E-state index is 5.94. The molecule has 0 saturated heterocycles. The van der Waals surface area contributed by atoms with Crippen molar-refractivity contribution < 1.29 is 0 Å². The number of aryl methyl sites for hydroxylation is 3. The fraction of sp³-hybridized carbons (Fsp3) is 0.714. The van der Waals surface area contributed by atoms with Crippen LogP contribution in [0, 0.1) is 0 Å². The number of nitrogens with zero attached hydrogens (tertiary/aromatic N) is 4. The summed E-state index contributed by atoms with van der Waals surface area (Å²) < 4.78 is 4.29. The molecule has 0 radical (unpaired) electrons. The van der Waals surface area contributed by atoms with E-state index in [0.29, 0.717) is 11.9 Å². The van der Waals surface area contributed by atoms with Crippen molar-refractivity contribution >= 4 is 34.5 Å². The third kappa shape index (κ3) is 2.84. The van der Waals surface area contributed by atoms with Crippen molar-refractivity contribution in [2.75, 3.05) is 17.9 Å². The van der Waals surface area contributed by atoms with Crippen LogP contribution in [0.3, 0.4) is 0 Å². The highest BCUT2D eigenvalue weighted by Gasteiger charge is 2.21. The number of thioether (sulfide) groups is 1. The van der Waals surface area contributed by atoms with Crippen LogP contribution in [0.2, 0.25) is 0 Å². The zero-order valence-corrected chi connectivity index (χ0v) is 14.3. The van der Waals surface area contributed by atoms with Crippen LogP contribution in [0.15, 0.2) is 0 Å². The zero-order chi connectivity index (χ0) is 14.7. The summed E-state index contributed by atoms with van der Waals surface area (Å²) in [6.07, 6.45) is 5.01. The molecule has 0 bridgehead atoms. The van der Waals surface area contributed by atoms with Gasteiger partial charge in [-0.3, -0.25) is 4.68 Å². The molecule has 0 aliphatic heterocycles. The standard InChI is InChI=1S/C14H23ClN4S/c1-5-6-11-13-14(18(3)17-11)19(10(2)9-20-4)12(16-13)7-8-15/h10H,5-9H2,1-4H3. The van der Waals surface area contributed by atoms with Crippen LogP contribution in [0.4, 0.5) is 0 Å². The largest absolute Gasteiger partial charge is 0.309 e. The number of alkyl halides is 1. The Hall–Kier alpha value is -0.680. The van der Waals surface area contributed by atoms with Gasteiger partial charge in [0.25, 0.3) is 0 Å². The maximum Gasteiger partial charge on any atom is 0.158 e. The van der Waals surface area contributed by atoms with Gasteiger partial charge in [0.1, 0.15) is 11.3 Å². The first-order chi connectivity index (χ1) is 9.63. The van der Waals surface area contributed by atoms with Crippen LogP contribution in [-0.4, -0.2) is 37.2 Å². The van der Waals surface area contributed by atoms with Crippen LogP contribution >= 0.6 is 23.4 Å². The van der Waals surface area contributed by atoms with Gasteiger partial charge >= 0.3 is 0 Å². The quantitative estimate of drug-likeness (QED) is 0.735. The first-order valence-electron chi connectivity index (χ1n) is 7.11. The van der Waals surface area contributed by atoms with Gasteiger partial charge in [0, 0.05) is 31.1 Å². The zero-order valence-electron chi connectivity index (χ0n) is 12.7. The number of imidazole rings is 1. The first-order valence-corrected chi connectivity index (χ1v) is 9.04. The number of fused-ring (bicyclic) bond motifs is 1. The molecular formula is C14H23ClN4S. The van der Waals surface area contributed by atoms with Gasteiger partial charge in [0.05, 0.1) is 5.69 Å². The Labute approximate surface area is 129 Å². The number of hydrogen-bond acceptors (Lipinski definition) is 3. The minimum absolute atomic E-state index is 0.401. The molecule has 0 aliphatic rings. The van der Waals surface area contributed by atoms with Crippen LogP contribution in [-0.2, 0) is 19.9 Å². The van der Waals surface area contributed by atoms with Crippen molar-refractivity contribution in [3.8, 4) is 0 Å². The average Bonchev–Trinajstić information content (AvgIpc) is 2.90. The monoisotopic (exact) mass is 314 g/mol. The summed E-state index contributed by atoms with van der Waals surface area (Å²) in [5.41, 5.74) is 3.30. The smallest absolute Gasteiger partial charge is 0.158 e. The molecule has 0 spiro atoms. The molecule has 112 valence electrons. The number of rotatable bonds is 7. The molecule has 6 heteroatoms. The van der Waals surface area contributed by atoms with E-state index in [1.807, 2.05) is 23.5 Å². The van der Waals surface area contributed by atoms with E-state index in [9.17, 15) is 0 Å². The van der Waals surface area contributed by atoms with Gasteiger partial charge in [-0.15, -0.1) is 11.6 Å². The fourth-order valence-corrected chi connectivity index (χ4v) is 3.49. The van der Waals surface area contributed by atoms with E-state index >= 15 is 0 Å². The Balaban J connectivity index is 2.58. The van der Waals surface area contributed by atoms with Gasteiger partial charge in [0.15, 0.2) is 5.65 Å². The molecule has 4 nitrogen and oxygen atoms in total. The van der Waals surface area contributed by atoms with Gasteiger partial charge in [-0.2, -0.15) is 16.9 Å².